The number of para-hydroxylation sites is 4. The molecule has 412 valence electrons. The van der Waals surface area contributed by atoms with Crippen LogP contribution in [-0.2, 0) is 48.1 Å². The quantitative estimate of drug-likeness (QED) is 0.118. The van der Waals surface area contributed by atoms with Gasteiger partial charge in [0.1, 0.15) is 5.82 Å². The number of hydrogen-bond acceptors (Lipinski definition) is 2. The Bertz CT molecular complexity index is 3850. The number of fused-ring (bicyclic) bond motifs is 6. The number of aromatic nitrogens is 4. The minimum atomic E-state index is -0.0347. The van der Waals surface area contributed by atoms with Crippen molar-refractivity contribution < 1.29 is 30.4 Å². The first-order chi connectivity index (χ1) is 37.8. The second kappa shape index (κ2) is 21.1. The van der Waals surface area contributed by atoms with Gasteiger partial charge < -0.3 is 13.9 Å². The first-order valence-corrected chi connectivity index (χ1v) is 29.3. The van der Waals surface area contributed by atoms with E-state index in [2.05, 4.69) is 242 Å². The Balaban J connectivity index is 0.00000675. The molecule has 5 nitrogen and oxygen atoms in total. The van der Waals surface area contributed by atoms with Crippen molar-refractivity contribution >= 4 is 32.8 Å². The fourth-order valence-corrected chi connectivity index (χ4v) is 13.5. The van der Waals surface area contributed by atoms with Gasteiger partial charge >= 0.3 is 0 Å². The molecule has 0 saturated heterocycles. The topological polar surface area (TPSA) is 35.9 Å². The maximum atomic E-state index is 6.79. The van der Waals surface area contributed by atoms with E-state index < -0.39 is 0 Å². The molecule has 0 spiro atoms. The maximum absolute atomic E-state index is 6.79. The molecule has 0 atom stereocenters. The van der Waals surface area contributed by atoms with E-state index in [9.17, 15) is 0 Å². The van der Waals surface area contributed by atoms with Crippen molar-refractivity contribution in [1.29, 1.82) is 0 Å². The van der Waals surface area contributed by atoms with E-state index in [1.165, 1.54) is 114 Å². The number of nitrogens with zero attached hydrogens (tertiary/aromatic N) is 4. The summed E-state index contributed by atoms with van der Waals surface area (Å²) < 4.78 is 13.5. The standard InChI is InChI=1S/C74H78N4O.Pt/c1-70(2,3)52-38-43-75-68(46-52)78-64-29-15-14-26-58(64)59-35-34-55(48-67(59)78)79-54-25-22-24-53(47-54)76-49-77(66-31-17-16-30-65(66)76)69-56(50-32-36-60-62(44-50)73(8,9)41-20-12-18-39-71(60,4)5)27-23-28-57(69)51-33-37-61-63(45-51)74(10,11)42-21-13-19-40-72(61,6)7;/h14-17,22-38,43-46H,12-13,18-21,39-42H2,1-11H3;/q-2;. The Morgan fingerprint density at radius 1 is 0.512 bits per heavy atom. The molecule has 3 aromatic heterocycles. The van der Waals surface area contributed by atoms with Gasteiger partial charge in [0.25, 0.3) is 6.33 Å². The first kappa shape index (κ1) is 55.4. The SMILES string of the molecule is CC(C)(C)c1ccnc(-n2c3[c-]c(Oc4[c-]c(-n5[c-][n+](-c6c(-c7ccc8c(c7)C(C)(C)CCCCCC8(C)C)cccc6-c6ccc7c(c6)C(C)(C)CCCCCC7(C)C)c6ccccc65)ccc4)ccc3c3ccccc32)c1.[Pt]. The molecular weight excluding hydrogens is 1160 g/mol. The van der Waals surface area contributed by atoms with Crippen LogP contribution >= 0.6 is 0 Å². The molecule has 10 aromatic rings. The monoisotopic (exact) mass is 1230 g/mol. The number of pyridine rings is 1. The first-order valence-electron chi connectivity index (χ1n) is 29.3. The van der Waals surface area contributed by atoms with Crippen LogP contribution in [0.1, 0.15) is 168 Å². The summed E-state index contributed by atoms with van der Waals surface area (Å²) in [4.78, 5) is 4.91. The molecule has 12 rings (SSSR count). The van der Waals surface area contributed by atoms with E-state index in [0.29, 0.717) is 11.5 Å². The van der Waals surface area contributed by atoms with Crippen LogP contribution in [0.5, 0.6) is 11.5 Å². The van der Waals surface area contributed by atoms with Crippen LogP contribution < -0.4 is 9.30 Å². The van der Waals surface area contributed by atoms with Crippen molar-refractivity contribution in [2.45, 2.75) is 167 Å². The summed E-state index contributed by atoms with van der Waals surface area (Å²) in [6.07, 6.45) is 18.2. The molecule has 80 heavy (non-hydrogen) atoms. The van der Waals surface area contributed by atoms with E-state index in [-0.39, 0.29) is 48.1 Å². The fourth-order valence-electron chi connectivity index (χ4n) is 13.5. The van der Waals surface area contributed by atoms with Crippen molar-refractivity contribution in [2.24, 2.45) is 0 Å². The molecule has 0 saturated carbocycles. The smallest absolute Gasteiger partial charge is 0.268 e. The molecule has 0 amide bonds. The predicted octanol–water partition coefficient (Wildman–Crippen LogP) is 19.3. The van der Waals surface area contributed by atoms with Crippen molar-refractivity contribution in [3.63, 3.8) is 0 Å². The molecule has 3 heterocycles. The van der Waals surface area contributed by atoms with E-state index in [4.69, 9.17) is 9.72 Å². The third-order valence-electron chi connectivity index (χ3n) is 18.2. The summed E-state index contributed by atoms with van der Waals surface area (Å²) in [6, 6.07) is 61.1. The summed E-state index contributed by atoms with van der Waals surface area (Å²) in [5.41, 5.74) is 18.1. The van der Waals surface area contributed by atoms with Crippen LogP contribution in [0.3, 0.4) is 0 Å². The van der Waals surface area contributed by atoms with Crippen molar-refractivity contribution in [3.05, 3.63) is 198 Å². The van der Waals surface area contributed by atoms with E-state index in [1.54, 1.807) is 0 Å². The molecule has 2 aliphatic rings. The molecule has 2 aliphatic carbocycles. The van der Waals surface area contributed by atoms with Crippen molar-refractivity contribution in [1.82, 2.24) is 14.1 Å². The second-order valence-corrected chi connectivity index (χ2v) is 26.7. The van der Waals surface area contributed by atoms with Crippen LogP contribution in [-0.4, -0.2) is 14.1 Å². The Labute approximate surface area is 490 Å². The molecule has 0 fully saturated rings. The van der Waals surface area contributed by atoms with Gasteiger partial charge in [-0.25, -0.2) is 4.98 Å². The zero-order chi connectivity index (χ0) is 55.1. The van der Waals surface area contributed by atoms with Crippen LogP contribution in [0.15, 0.2) is 152 Å². The van der Waals surface area contributed by atoms with E-state index >= 15 is 0 Å². The Kier molecular flexibility index (Phi) is 14.6. The largest absolute Gasteiger partial charge is 0.510 e. The van der Waals surface area contributed by atoms with Gasteiger partial charge in [0, 0.05) is 44.3 Å². The Morgan fingerprint density at radius 2 is 1.06 bits per heavy atom. The summed E-state index contributed by atoms with van der Waals surface area (Å²) in [5.74, 6) is 2.05. The Morgan fingerprint density at radius 3 is 1.68 bits per heavy atom. The van der Waals surface area contributed by atoms with Crippen molar-refractivity contribution in [2.75, 3.05) is 0 Å². The number of rotatable bonds is 7. The third kappa shape index (κ3) is 10.2. The van der Waals surface area contributed by atoms with E-state index in [0.717, 1.165) is 50.0 Å². The normalized spacial score (nSPS) is 17.0. The molecule has 0 unspecified atom stereocenters. The summed E-state index contributed by atoms with van der Waals surface area (Å²) in [7, 11) is 0. The van der Waals surface area contributed by atoms with Gasteiger partial charge in [-0.2, -0.15) is 18.2 Å². The van der Waals surface area contributed by atoms with Gasteiger partial charge in [0.2, 0.25) is 0 Å². The zero-order valence-corrected chi connectivity index (χ0v) is 51.3. The zero-order valence-electron chi connectivity index (χ0n) is 49.0. The molecule has 0 N–H and O–H groups in total. The summed E-state index contributed by atoms with van der Waals surface area (Å²) >= 11 is 0. The van der Waals surface area contributed by atoms with E-state index in [1.807, 2.05) is 18.3 Å². The second-order valence-electron chi connectivity index (χ2n) is 26.7. The summed E-state index contributed by atoms with van der Waals surface area (Å²) in [6.45, 7) is 26.5. The van der Waals surface area contributed by atoms with Gasteiger partial charge in [-0.15, -0.1) is 29.7 Å². The van der Waals surface area contributed by atoms with Crippen LogP contribution in [0.25, 0.3) is 72.3 Å². The molecule has 0 radical (unpaired) electrons. The minimum absolute atomic E-state index is 0. The van der Waals surface area contributed by atoms with Crippen LogP contribution in [0, 0.1) is 18.5 Å². The number of imidazole rings is 1. The van der Waals surface area contributed by atoms with Crippen LogP contribution in [0.2, 0.25) is 0 Å². The Hall–Kier alpha value is -6.55. The fraction of sp³-hybridized carbons (Fsp3) is 0.351. The average molecular weight is 1230 g/mol. The molecule has 6 heteroatoms. The number of hydrogen-bond donors (Lipinski definition) is 0. The molecular formula is C74H78N4OPt-2. The number of benzene rings is 7. The number of ether oxygens (including phenoxy) is 1. The van der Waals surface area contributed by atoms with Gasteiger partial charge in [0.05, 0.1) is 16.7 Å². The van der Waals surface area contributed by atoms with Gasteiger partial charge in [0.15, 0.2) is 0 Å². The minimum Gasteiger partial charge on any atom is -0.510 e. The average Bonchev–Trinajstić information content (AvgIpc) is 4.00. The molecule has 0 bridgehead atoms. The third-order valence-corrected chi connectivity index (χ3v) is 18.2. The van der Waals surface area contributed by atoms with Crippen LogP contribution in [0.4, 0.5) is 0 Å². The molecule has 0 aliphatic heterocycles. The molecule has 7 aromatic carbocycles. The summed E-state index contributed by atoms with van der Waals surface area (Å²) in [5, 5.41) is 2.24. The predicted molar refractivity (Wildman–Crippen MR) is 328 cm³/mol. The maximum Gasteiger partial charge on any atom is 0.268 e. The van der Waals surface area contributed by atoms with Gasteiger partial charge in [-0.1, -0.05) is 217 Å². The van der Waals surface area contributed by atoms with Gasteiger partial charge in [-0.05, 0) is 132 Å². The van der Waals surface area contributed by atoms with Crippen molar-refractivity contribution in [3.8, 4) is 50.9 Å². The van der Waals surface area contributed by atoms with Gasteiger partial charge in [-0.3, -0.25) is 4.57 Å².